The van der Waals surface area contributed by atoms with E-state index in [0.29, 0.717) is 24.4 Å². The van der Waals surface area contributed by atoms with E-state index in [1.54, 1.807) is 42.5 Å². The number of carbonyl (C=O) groups is 2. The fourth-order valence-corrected chi connectivity index (χ4v) is 5.55. The van der Waals surface area contributed by atoms with E-state index in [1.807, 2.05) is 51.1 Å². The molecule has 0 bridgehead atoms. The van der Waals surface area contributed by atoms with E-state index in [1.165, 1.54) is 24.1 Å². The van der Waals surface area contributed by atoms with Gasteiger partial charge in [0, 0.05) is 13.1 Å². The quantitative estimate of drug-likeness (QED) is 0.338. The maximum absolute atomic E-state index is 14.0. The summed E-state index contributed by atoms with van der Waals surface area (Å²) in [4.78, 5) is 28.7. The van der Waals surface area contributed by atoms with Crippen LogP contribution in [-0.4, -0.2) is 51.4 Å². The minimum atomic E-state index is -4.10. The first kappa shape index (κ1) is 29.7. The van der Waals surface area contributed by atoms with Gasteiger partial charge < -0.3 is 15.0 Å². The molecule has 8 nitrogen and oxygen atoms in total. The number of sulfonamides is 1. The van der Waals surface area contributed by atoms with Crippen molar-refractivity contribution in [1.29, 1.82) is 0 Å². The molecule has 0 aliphatic carbocycles. The summed E-state index contributed by atoms with van der Waals surface area (Å²) in [6.45, 7) is 5.99. The van der Waals surface area contributed by atoms with Crippen LogP contribution in [-0.2, 0) is 26.2 Å². The van der Waals surface area contributed by atoms with E-state index in [9.17, 15) is 18.0 Å². The zero-order valence-electron chi connectivity index (χ0n) is 22.9. The molecule has 0 aliphatic rings. The SMILES string of the molecule is CC[C@@H](C(=O)NCC(C)C)N(Cc1ccccc1)C(=O)CN(c1ccc(OC)cc1)S(=O)(=O)c1ccccc1. The number of hydrogen-bond acceptors (Lipinski definition) is 5. The molecular formula is C30H37N3O5S. The number of rotatable bonds is 13. The Kier molecular flexibility index (Phi) is 10.5. The van der Waals surface area contributed by atoms with Gasteiger partial charge in [-0.2, -0.15) is 0 Å². The van der Waals surface area contributed by atoms with Crippen molar-refractivity contribution >= 4 is 27.5 Å². The Morgan fingerprint density at radius 2 is 1.49 bits per heavy atom. The van der Waals surface area contributed by atoms with Gasteiger partial charge >= 0.3 is 0 Å². The third-order valence-electron chi connectivity index (χ3n) is 6.24. The predicted octanol–water partition coefficient (Wildman–Crippen LogP) is 4.47. The molecule has 0 unspecified atom stereocenters. The Morgan fingerprint density at radius 3 is 2.03 bits per heavy atom. The molecule has 3 aromatic rings. The van der Waals surface area contributed by atoms with Gasteiger partial charge in [-0.25, -0.2) is 8.42 Å². The summed E-state index contributed by atoms with van der Waals surface area (Å²) in [5.41, 5.74) is 1.15. The number of nitrogens with one attached hydrogen (secondary N) is 1. The summed E-state index contributed by atoms with van der Waals surface area (Å²) < 4.78 is 33.9. The van der Waals surface area contributed by atoms with Crippen molar-refractivity contribution in [1.82, 2.24) is 10.2 Å². The highest BCUT2D eigenvalue weighted by Crippen LogP contribution is 2.26. The van der Waals surface area contributed by atoms with Crippen LogP contribution < -0.4 is 14.4 Å². The molecule has 208 valence electrons. The lowest BCUT2D eigenvalue weighted by Crippen LogP contribution is -2.52. The van der Waals surface area contributed by atoms with Gasteiger partial charge in [0.15, 0.2) is 0 Å². The summed E-state index contributed by atoms with van der Waals surface area (Å²) in [5, 5.41) is 2.93. The lowest BCUT2D eigenvalue weighted by molar-refractivity contribution is -0.140. The van der Waals surface area contributed by atoms with E-state index in [-0.39, 0.29) is 23.3 Å². The molecule has 3 rings (SSSR count). The number of ether oxygens (including phenoxy) is 1. The van der Waals surface area contributed by atoms with Gasteiger partial charge in [0.05, 0.1) is 17.7 Å². The van der Waals surface area contributed by atoms with Crippen molar-refractivity contribution in [2.75, 3.05) is 24.5 Å². The fourth-order valence-electron chi connectivity index (χ4n) is 4.12. The first-order valence-electron chi connectivity index (χ1n) is 13.0. The Bertz CT molecular complexity index is 1310. The molecule has 0 fully saturated rings. The van der Waals surface area contributed by atoms with Crippen molar-refractivity contribution in [3.8, 4) is 5.75 Å². The Balaban J connectivity index is 2.02. The van der Waals surface area contributed by atoms with E-state index >= 15 is 0 Å². The van der Waals surface area contributed by atoms with Crippen LogP contribution in [0.4, 0.5) is 5.69 Å². The monoisotopic (exact) mass is 551 g/mol. The van der Waals surface area contributed by atoms with Crippen LogP contribution in [0.1, 0.15) is 32.8 Å². The smallest absolute Gasteiger partial charge is 0.264 e. The number of benzene rings is 3. The van der Waals surface area contributed by atoms with Crippen LogP contribution in [0.25, 0.3) is 0 Å². The van der Waals surface area contributed by atoms with E-state index in [4.69, 9.17) is 4.74 Å². The molecule has 1 atom stereocenters. The Morgan fingerprint density at radius 1 is 0.897 bits per heavy atom. The molecule has 0 heterocycles. The summed E-state index contributed by atoms with van der Waals surface area (Å²) >= 11 is 0. The van der Waals surface area contributed by atoms with E-state index in [0.717, 1.165) is 9.87 Å². The molecule has 0 saturated carbocycles. The number of carbonyl (C=O) groups excluding carboxylic acids is 2. The van der Waals surface area contributed by atoms with Crippen LogP contribution in [0.15, 0.2) is 89.8 Å². The molecule has 39 heavy (non-hydrogen) atoms. The molecular weight excluding hydrogens is 514 g/mol. The first-order chi connectivity index (χ1) is 18.7. The van der Waals surface area contributed by atoms with Crippen molar-refractivity contribution in [3.63, 3.8) is 0 Å². The van der Waals surface area contributed by atoms with Crippen LogP contribution in [0, 0.1) is 5.92 Å². The second kappa shape index (κ2) is 13.8. The van der Waals surface area contributed by atoms with Crippen molar-refractivity contribution < 1.29 is 22.7 Å². The predicted molar refractivity (Wildman–Crippen MR) is 153 cm³/mol. The molecule has 2 amide bonds. The zero-order valence-corrected chi connectivity index (χ0v) is 23.7. The molecule has 0 radical (unpaired) electrons. The minimum Gasteiger partial charge on any atom is -0.497 e. The average Bonchev–Trinajstić information content (AvgIpc) is 2.95. The summed E-state index contributed by atoms with van der Waals surface area (Å²) in [5.74, 6) is 0.0464. The van der Waals surface area contributed by atoms with Crippen molar-refractivity contribution in [2.24, 2.45) is 5.92 Å². The van der Waals surface area contributed by atoms with Crippen LogP contribution in [0.5, 0.6) is 5.75 Å². The summed E-state index contributed by atoms with van der Waals surface area (Å²) in [6, 6.07) is 23.0. The van der Waals surface area contributed by atoms with E-state index < -0.39 is 28.5 Å². The standard InChI is InChI=1S/C30H37N3O5S/c1-5-28(30(35)31-20-23(2)3)32(21-24-12-8-6-9-13-24)29(34)22-33(25-16-18-26(38-4)19-17-25)39(36,37)27-14-10-7-11-15-27/h6-19,23,28H,5,20-22H2,1-4H3,(H,31,35)/t28-/m0/s1. The second-order valence-corrected chi connectivity index (χ2v) is 11.5. The molecule has 0 spiro atoms. The van der Waals surface area contributed by atoms with Gasteiger partial charge in [0.25, 0.3) is 10.0 Å². The van der Waals surface area contributed by atoms with Gasteiger partial charge in [-0.05, 0) is 54.3 Å². The molecule has 3 aromatic carbocycles. The van der Waals surface area contributed by atoms with Crippen molar-refractivity contribution in [2.45, 2.75) is 44.7 Å². The van der Waals surface area contributed by atoms with Crippen molar-refractivity contribution in [3.05, 3.63) is 90.5 Å². The molecule has 0 aliphatic heterocycles. The van der Waals surface area contributed by atoms with Gasteiger partial charge in [-0.15, -0.1) is 0 Å². The zero-order chi connectivity index (χ0) is 28.4. The van der Waals surface area contributed by atoms with Crippen LogP contribution in [0.3, 0.4) is 0 Å². The number of hydrogen-bond donors (Lipinski definition) is 1. The highest BCUT2D eigenvalue weighted by Gasteiger charge is 2.33. The maximum Gasteiger partial charge on any atom is 0.264 e. The third kappa shape index (κ3) is 7.83. The number of amides is 2. The van der Waals surface area contributed by atoms with Crippen LogP contribution in [0.2, 0.25) is 0 Å². The third-order valence-corrected chi connectivity index (χ3v) is 8.02. The molecule has 0 aromatic heterocycles. The number of nitrogens with zero attached hydrogens (tertiary/aromatic N) is 2. The maximum atomic E-state index is 14.0. The van der Waals surface area contributed by atoms with Gasteiger partial charge in [0.1, 0.15) is 18.3 Å². The Hall–Kier alpha value is -3.85. The normalized spacial score (nSPS) is 12.0. The molecule has 9 heteroatoms. The van der Waals surface area contributed by atoms with Gasteiger partial charge in [-0.3, -0.25) is 13.9 Å². The average molecular weight is 552 g/mol. The van der Waals surface area contributed by atoms with E-state index in [2.05, 4.69) is 5.32 Å². The molecule has 0 saturated heterocycles. The number of anilines is 1. The topological polar surface area (TPSA) is 96.0 Å². The summed E-state index contributed by atoms with van der Waals surface area (Å²) in [6.07, 6.45) is 0.372. The highest BCUT2D eigenvalue weighted by molar-refractivity contribution is 7.92. The second-order valence-electron chi connectivity index (χ2n) is 9.59. The largest absolute Gasteiger partial charge is 0.497 e. The van der Waals surface area contributed by atoms with Crippen LogP contribution >= 0.6 is 0 Å². The fraction of sp³-hybridized carbons (Fsp3) is 0.333. The van der Waals surface area contributed by atoms with Gasteiger partial charge in [-0.1, -0.05) is 69.3 Å². The number of methoxy groups -OCH3 is 1. The molecule has 1 N–H and O–H groups in total. The summed E-state index contributed by atoms with van der Waals surface area (Å²) in [7, 11) is -2.58. The van der Waals surface area contributed by atoms with Gasteiger partial charge in [0.2, 0.25) is 11.8 Å². The first-order valence-corrected chi connectivity index (χ1v) is 14.4. The Labute approximate surface area is 231 Å². The minimum absolute atomic E-state index is 0.0601. The highest BCUT2D eigenvalue weighted by atomic mass is 32.2. The lowest BCUT2D eigenvalue weighted by Gasteiger charge is -2.33. The lowest BCUT2D eigenvalue weighted by atomic mass is 10.1.